The van der Waals surface area contributed by atoms with Gasteiger partial charge in [0.15, 0.2) is 0 Å². The van der Waals surface area contributed by atoms with Crippen LogP contribution in [0.2, 0.25) is 0 Å². The third kappa shape index (κ3) is 4.25. The van der Waals surface area contributed by atoms with Gasteiger partial charge < -0.3 is 10.4 Å². The average molecular weight is 309 g/mol. The standard InChI is InChI=1S/C16H14F3NO2/c17-16(18,19)15(22)20-14(12-4-2-1-3-5-12)10-11-6-8-13(21)9-7-11/h1-9,14,21H,10H2,(H,20,22). The van der Waals surface area contributed by atoms with Crippen molar-refractivity contribution in [3.63, 3.8) is 0 Å². The van der Waals surface area contributed by atoms with Crippen LogP contribution in [-0.2, 0) is 11.2 Å². The molecule has 22 heavy (non-hydrogen) atoms. The molecule has 0 spiro atoms. The molecule has 3 nitrogen and oxygen atoms in total. The van der Waals surface area contributed by atoms with Crippen LogP contribution in [0, 0.1) is 0 Å². The zero-order valence-electron chi connectivity index (χ0n) is 11.5. The van der Waals surface area contributed by atoms with Gasteiger partial charge in [-0.15, -0.1) is 0 Å². The maximum absolute atomic E-state index is 12.5. The largest absolute Gasteiger partial charge is 0.508 e. The molecule has 6 heteroatoms. The molecule has 2 aromatic rings. The van der Waals surface area contributed by atoms with Gasteiger partial charge in [0.05, 0.1) is 6.04 Å². The van der Waals surface area contributed by atoms with E-state index >= 15 is 0 Å². The Balaban J connectivity index is 2.22. The summed E-state index contributed by atoms with van der Waals surface area (Å²) < 4.78 is 37.4. The molecule has 2 rings (SSSR count). The molecule has 2 aromatic carbocycles. The Kier molecular flexibility index (Phi) is 4.70. The molecule has 0 bridgehead atoms. The fourth-order valence-corrected chi connectivity index (χ4v) is 2.05. The fourth-order valence-electron chi connectivity index (χ4n) is 2.05. The van der Waals surface area contributed by atoms with Gasteiger partial charge in [0.2, 0.25) is 0 Å². The summed E-state index contributed by atoms with van der Waals surface area (Å²) in [6, 6.07) is 13.7. The van der Waals surface area contributed by atoms with Gasteiger partial charge >= 0.3 is 12.1 Å². The molecular formula is C16H14F3NO2. The molecular weight excluding hydrogens is 295 g/mol. The zero-order valence-corrected chi connectivity index (χ0v) is 11.5. The molecule has 0 aliphatic rings. The number of hydrogen-bond acceptors (Lipinski definition) is 2. The van der Waals surface area contributed by atoms with Gasteiger partial charge in [0.25, 0.3) is 0 Å². The first-order chi connectivity index (χ1) is 10.4. The Hall–Kier alpha value is -2.50. The van der Waals surface area contributed by atoms with Crippen molar-refractivity contribution in [3.05, 3.63) is 65.7 Å². The molecule has 1 atom stereocenters. The lowest BCUT2D eigenvalue weighted by Crippen LogP contribution is -2.39. The highest BCUT2D eigenvalue weighted by atomic mass is 19.4. The Labute approximate surface area is 125 Å². The molecule has 116 valence electrons. The van der Waals surface area contributed by atoms with E-state index in [9.17, 15) is 23.1 Å². The van der Waals surface area contributed by atoms with Gasteiger partial charge in [-0.3, -0.25) is 4.79 Å². The summed E-state index contributed by atoms with van der Waals surface area (Å²) in [5.41, 5.74) is 1.28. The van der Waals surface area contributed by atoms with Crippen LogP contribution in [0.5, 0.6) is 5.75 Å². The molecule has 2 N–H and O–H groups in total. The van der Waals surface area contributed by atoms with Crippen LogP contribution in [0.1, 0.15) is 17.2 Å². The van der Waals surface area contributed by atoms with Gasteiger partial charge in [-0.2, -0.15) is 13.2 Å². The van der Waals surface area contributed by atoms with E-state index in [4.69, 9.17) is 0 Å². The number of amides is 1. The normalized spacial score (nSPS) is 12.7. The van der Waals surface area contributed by atoms with Crippen LogP contribution in [-0.4, -0.2) is 17.2 Å². The molecule has 0 saturated carbocycles. The maximum Gasteiger partial charge on any atom is 0.471 e. The van der Waals surface area contributed by atoms with E-state index < -0.39 is 18.1 Å². The number of alkyl halides is 3. The van der Waals surface area contributed by atoms with Gasteiger partial charge in [0, 0.05) is 0 Å². The Bertz CT molecular complexity index is 624. The minimum Gasteiger partial charge on any atom is -0.508 e. The first-order valence-electron chi connectivity index (χ1n) is 6.57. The van der Waals surface area contributed by atoms with Crippen molar-refractivity contribution in [2.45, 2.75) is 18.6 Å². The van der Waals surface area contributed by atoms with Crippen molar-refractivity contribution in [2.24, 2.45) is 0 Å². The highest BCUT2D eigenvalue weighted by Gasteiger charge is 2.39. The number of benzene rings is 2. The van der Waals surface area contributed by atoms with Gasteiger partial charge in [0.1, 0.15) is 5.75 Å². The van der Waals surface area contributed by atoms with Crippen LogP contribution in [0.4, 0.5) is 13.2 Å². The smallest absolute Gasteiger partial charge is 0.471 e. The van der Waals surface area contributed by atoms with E-state index in [-0.39, 0.29) is 12.2 Å². The van der Waals surface area contributed by atoms with Gasteiger partial charge in [-0.05, 0) is 29.7 Å². The summed E-state index contributed by atoms with van der Waals surface area (Å²) in [5, 5.41) is 11.3. The van der Waals surface area contributed by atoms with Crippen LogP contribution < -0.4 is 5.32 Å². The summed E-state index contributed by atoms with van der Waals surface area (Å²) in [6.07, 6.45) is -4.74. The first-order valence-corrected chi connectivity index (χ1v) is 6.57. The molecule has 0 saturated heterocycles. The van der Waals surface area contributed by atoms with E-state index in [0.29, 0.717) is 11.1 Å². The third-order valence-electron chi connectivity index (χ3n) is 3.14. The molecule has 0 radical (unpaired) electrons. The molecule has 0 heterocycles. The molecule has 1 unspecified atom stereocenters. The SMILES string of the molecule is O=C(NC(Cc1ccc(O)cc1)c1ccccc1)C(F)(F)F. The predicted octanol–water partition coefficient (Wildman–Crippen LogP) is 3.35. The Morgan fingerprint density at radius 2 is 1.64 bits per heavy atom. The number of carbonyl (C=O) groups is 1. The number of nitrogens with one attached hydrogen (secondary N) is 1. The minimum absolute atomic E-state index is 0.0688. The molecule has 0 fully saturated rings. The number of aromatic hydroxyl groups is 1. The third-order valence-corrected chi connectivity index (χ3v) is 3.14. The number of halogens is 3. The molecule has 1 amide bonds. The molecule has 0 aromatic heterocycles. The van der Waals surface area contributed by atoms with Crippen molar-refractivity contribution in [1.29, 1.82) is 0 Å². The second-order valence-corrected chi connectivity index (χ2v) is 4.81. The quantitative estimate of drug-likeness (QED) is 0.910. The van der Waals surface area contributed by atoms with Crippen molar-refractivity contribution in [1.82, 2.24) is 5.32 Å². The maximum atomic E-state index is 12.5. The summed E-state index contributed by atoms with van der Waals surface area (Å²) in [6.45, 7) is 0. The highest BCUT2D eigenvalue weighted by molar-refractivity contribution is 5.82. The number of hydrogen-bond donors (Lipinski definition) is 2. The van der Waals surface area contributed by atoms with Crippen molar-refractivity contribution >= 4 is 5.91 Å². The number of rotatable bonds is 4. The van der Waals surface area contributed by atoms with E-state index in [1.807, 2.05) is 5.32 Å². The topological polar surface area (TPSA) is 49.3 Å². The second kappa shape index (κ2) is 6.51. The molecule has 0 aliphatic heterocycles. The lowest BCUT2D eigenvalue weighted by atomic mass is 9.98. The summed E-state index contributed by atoms with van der Waals surface area (Å²) in [7, 11) is 0. The second-order valence-electron chi connectivity index (χ2n) is 4.81. The first kappa shape index (κ1) is 15.9. The van der Waals surface area contributed by atoms with Crippen LogP contribution >= 0.6 is 0 Å². The van der Waals surface area contributed by atoms with E-state index in [2.05, 4.69) is 0 Å². The average Bonchev–Trinajstić information content (AvgIpc) is 2.48. The number of carbonyl (C=O) groups excluding carboxylic acids is 1. The van der Waals surface area contributed by atoms with E-state index in [1.54, 1.807) is 42.5 Å². The minimum atomic E-state index is -4.93. The lowest BCUT2D eigenvalue weighted by molar-refractivity contribution is -0.174. The van der Waals surface area contributed by atoms with Gasteiger partial charge in [-0.1, -0.05) is 42.5 Å². The predicted molar refractivity (Wildman–Crippen MR) is 75.2 cm³/mol. The summed E-state index contributed by atoms with van der Waals surface area (Å²) >= 11 is 0. The van der Waals surface area contributed by atoms with Crippen molar-refractivity contribution in [3.8, 4) is 5.75 Å². The highest BCUT2D eigenvalue weighted by Crippen LogP contribution is 2.23. The lowest BCUT2D eigenvalue weighted by Gasteiger charge is -2.20. The zero-order chi connectivity index (χ0) is 16.2. The number of phenolic OH excluding ortho intramolecular Hbond substituents is 1. The van der Waals surface area contributed by atoms with Crippen molar-refractivity contribution < 1.29 is 23.1 Å². The van der Waals surface area contributed by atoms with Crippen molar-refractivity contribution in [2.75, 3.05) is 0 Å². The van der Waals surface area contributed by atoms with E-state index in [1.165, 1.54) is 12.1 Å². The Morgan fingerprint density at radius 3 is 2.18 bits per heavy atom. The summed E-state index contributed by atoms with van der Waals surface area (Å²) in [4.78, 5) is 11.2. The fraction of sp³-hybridized carbons (Fsp3) is 0.188. The van der Waals surface area contributed by atoms with Crippen LogP contribution in [0.25, 0.3) is 0 Å². The summed E-state index contributed by atoms with van der Waals surface area (Å²) in [5.74, 6) is -1.90. The van der Waals surface area contributed by atoms with E-state index in [0.717, 1.165) is 0 Å². The van der Waals surface area contributed by atoms with Gasteiger partial charge in [-0.25, -0.2) is 0 Å². The van der Waals surface area contributed by atoms with Crippen LogP contribution in [0.15, 0.2) is 54.6 Å². The Morgan fingerprint density at radius 1 is 1.05 bits per heavy atom. The molecule has 0 aliphatic carbocycles. The van der Waals surface area contributed by atoms with Crippen LogP contribution in [0.3, 0.4) is 0 Å². The monoisotopic (exact) mass is 309 g/mol. The number of phenols is 1.